The molecule has 1 N–H and O–H groups in total. The normalized spacial score (nSPS) is 15.5. The number of nitrogens with zero attached hydrogens (tertiary/aromatic N) is 2. The largest absolute Gasteiger partial charge is 1.00 e. The minimum absolute atomic E-state index is 0. The first kappa shape index (κ1) is 25.0. The Balaban J connectivity index is 0.00000341. The molecule has 31 heavy (non-hydrogen) atoms. The number of amides is 2. The summed E-state index contributed by atoms with van der Waals surface area (Å²) < 4.78 is 33.3. The van der Waals surface area contributed by atoms with Crippen LogP contribution in [0, 0.1) is 11.6 Å². The van der Waals surface area contributed by atoms with Gasteiger partial charge in [0.2, 0.25) is 0 Å². The molecule has 1 unspecified atom stereocenters. The van der Waals surface area contributed by atoms with Crippen LogP contribution in [-0.2, 0) is 17.8 Å². The van der Waals surface area contributed by atoms with Gasteiger partial charge in [-0.05, 0) is 25.7 Å². The summed E-state index contributed by atoms with van der Waals surface area (Å²) in [4.78, 5) is 39.1. The van der Waals surface area contributed by atoms with Gasteiger partial charge in [0.15, 0.2) is 11.7 Å². The molecular weight excluding hydrogens is 423 g/mol. The van der Waals surface area contributed by atoms with E-state index in [4.69, 9.17) is 4.74 Å². The molecule has 0 saturated carbocycles. The summed E-state index contributed by atoms with van der Waals surface area (Å²) in [5.74, 6) is -4.29. The molecule has 160 valence electrons. The SMILES string of the molecule is COC1Cn2cc(C(=O)NCc3ccc(F)cc3F)c(=O)c([O-])c2C(=O)N1C(C)C.[Na+]. The summed E-state index contributed by atoms with van der Waals surface area (Å²) in [5, 5.41) is 14.9. The zero-order valence-corrected chi connectivity index (χ0v) is 19.6. The monoisotopic (exact) mass is 443 g/mol. The van der Waals surface area contributed by atoms with Crippen molar-refractivity contribution < 1.29 is 57.8 Å². The van der Waals surface area contributed by atoms with Gasteiger partial charge in [-0.2, -0.15) is 0 Å². The maximum absolute atomic E-state index is 13.7. The molecule has 0 radical (unpaired) electrons. The number of pyridine rings is 1. The molecule has 11 heteroatoms. The van der Waals surface area contributed by atoms with Crippen LogP contribution in [-0.4, -0.2) is 40.7 Å². The number of hydrogen-bond donors (Lipinski definition) is 1. The van der Waals surface area contributed by atoms with Gasteiger partial charge in [-0.1, -0.05) is 6.07 Å². The topological polar surface area (TPSA) is 104 Å². The Kier molecular flexibility index (Phi) is 7.98. The number of rotatable bonds is 5. The number of hydrogen-bond acceptors (Lipinski definition) is 5. The standard InChI is InChI=1S/C20H21F2N3O5.Na/c1-10(2)25-15(30-3)9-24-8-13(17(26)18(27)16(24)20(25)29)19(28)23-7-11-4-5-12(21)6-14(11)22;/h4-6,8,10,15,27H,7,9H2,1-3H3,(H,23,28);/q;+1/p-1. The number of methoxy groups -OCH3 is 1. The fourth-order valence-corrected chi connectivity index (χ4v) is 3.37. The van der Waals surface area contributed by atoms with E-state index >= 15 is 0 Å². The Labute approximate surface area is 199 Å². The third-order valence-electron chi connectivity index (χ3n) is 4.87. The van der Waals surface area contributed by atoms with E-state index in [1.165, 1.54) is 16.6 Å². The summed E-state index contributed by atoms with van der Waals surface area (Å²) in [6.45, 7) is 3.23. The summed E-state index contributed by atoms with van der Waals surface area (Å²) in [7, 11) is 1.41. The minimum atomic E-state index is -1.13. The maximum atomic E-state index is 13.7. The maximum Gasteiger partial charge on any atom is 1.00 e. The van der Waals surface area contributed by atoms with Crippen LogP contribution in [0.15, 0.2) is 29.2 Å². The van der Waals surface area contributed by atoms with Gasteiger partial charge in [-0.25, -0.2) is 8.78 Å². The third-order valence-corrected chi connectivity index (χ3v) is 4.87. The number of ether oxygens (including phenoxy) is 1. The van der Waals surface area contributed by atoms with Crippen LogP contribution >= 0.6 is 0 Å². The molecule has 1 aliphatic heterocycles. The van der Waals surface area contributed by atoms with E-state index in [-0.39, 0.29) is 59.9 Å². The molecule has 0 aliphatic carbocycles. The van der Waals surface area contributed by atoms with E-state index in [0.29, 0.717) is 6.07 Å². The molecule has 0 saturated heterocycles. The quantitative estimate of drug-likeness (QED) is 0.537. The van der Waals surface area contributed by atoms with Crippen LogP contribution in [0.4, 0.5) is 8.78 Å². The van der Waals surface area contributed by atoms with Crippen LogP contribution < -0.4 is 45.4 Å². The average molecular weight is 443 g/mol. The van der Waals surface area contributed by atoms with Gasteiger partial charge in [-0.3, -0.25) is 14.4 Å². The molecule has 1 aliphatic rings. The number of fused-ring (bicyclic) bond motifs is 1. The van der Waals surface area contributed by atoms with Gasteiger partial charge in [0.25, 0.3) is 11.8 Å². The minimum Gasteiger partial charge on any atom is -0.868 e. The van der Waals surface area contributed by atoms with Crippen molar-refractivity contribution in [3.8, 4) is 5.75 Å². The first-order valence-electron chi connectivity index (χ1n) is 9.17. The molecule has 2 aromatic rings. The number of carbonyl (C=O) groups is 2. The molecule has 0 fully saturated rings. The molecule has 1 aromatic heterocycles. The predicted octanol–water partition coefficient (Wildman–Crippen LogP) is -2.03. The van der Waals surface area contributed by atoms with Crippen molar-refractivity contribution >= 4 is 11.8 Å². The Morgan fingerprint density at radius 3 is 2.58 bits per heavy atom. The fourth-order valence-electron chi connectivity index (χ4n) is 3.37. The molecule has 8 nitrogen and oxygen atoms in total. The van der Waals surface area contributed by atoms with E-state index in [1.807, 2.05) is 0 Å². The van der Waals surface area contributed by atoms with Crippen molar-refractivity contribution in [1.29, 1.82) is 0 Å². The summed E-state index contributed by atoms with van der Waals surface area (Å²) >= 11 is 0. The smallest absolute Gasteiger partial charge is 0.868 e. The van der Waals surface area contributed by atoms with E-state index in [9.17, 15) is 28.3 Å². The number of benzene rings is 1. The molecule has 0 bridgehead atoms. The Hall–Kier alpha value is -2.27. The van der Waals surface area contributed by atoms with E-state index < -0.39 is 46.4 Å². The first-order chi connectivity index (χ1) is 14.1. The molecule has 1 atom stereocenters. The van der Waals surface area contributed by atoms with Gasteiger partial charge in [0, 0.05) is 37.5 Å². The van der Waals surface area contributed by atoms with Crippen LogP contribution in [0.1, 0.15) is 40.3 Å². The van der Waals surface area contributed by atoms with Gasteiger partial charge in [0.05, 0.1) is 6.54 Å². The van der Waals surface area contributed by atoms with Gasteiger partial charge in [0.1, 0.15) is 22.9 Å². The van der Waals surface area contributed by atoms with Gasteiger partial charge < -0.3 is 24.6 Å². The first-order valence-corrected chi connectivity index (χ1v) is 9.17. The van der Waals surface area contributed by atoms with Crippen molar-refractivity contribution in [2.24, 2.45) is 0 Å². The summed E-state index contributed by atoms with van der Waals surface area (Å²) in [5.41, 5.74) is -1.95. The second-order valence-corrected chi connectivity index (χ2v) is 7.12. The number of nitrogens with one attached hydrogen (secondary N) is 1. The number of aromatic nitrogens is 1. The molecule has 1 aromatic carbocycles. The zero-order chi connectivity index (χ0) is 22.2. The van der Waals surface area contributed by atoms with Crippen molar-refractivity contribution in [2.45, 2.75) is 39.2 Å². The van der Waals surface area contributed by atoms with Gasteiger partial charge in [-0.15, -0.1) is 0 Å². The molecule has 3 rings (SSSR count). The molecule has 2 amide bonds. The van der Waals surface area contributed by atoms with Crippen LogP contribution in [0.2, 0.25) is 0 Å². The average Bonchev–Trinajstić information content (AvgIpc) is 2.68. The molecule has 0 spiro atoms. The molecule has 2 heterocycles. The van der Waals surface area contributed by atoms with Crippen LogP contribution in [0.3, 0.4) is 0 Å². The second-order valence-electron chi connectivity index (χ2n) is 7.12. The van der Waals surface area contributed by atoms with Crippen molar-refractivity contribution in [3.05, 3.63) is 63.1 Å². The fraction of sp³-hybridized carbons (Fsp3) is 0.350. The second kappa shape index (κ2) is 9.90. The van der Waals surface area contributed by atoms with Crippen molar-refractivity contribution in [3.63, 3.8) is 0 Å². The van der Waals surface area contributed by atoms with Gasteiger partial charge >= 0.3 is 29.6 Å². The third kappa shape index (κ3) is 4.82. The van der Waals surface area contributed by atoms with E-state index in [2.05, 4.69) is 5.32 Å². The Bertz CT molecular complexity index is 1070. The van der Waals surface area contributed by atoms with Crippen molar-refractivity contribution in [2.75, 3.05) is 7.11 Å². The van der Waals surface area contributed by atoms with Crippen LogP contribution in [0.25, 0.3) is 0 Å². The Morgan fingerprint density at radius 2 is 2.00 bits per heavy atom. The van der Waals surface area contributed by atoms with E-state index in [1.54, 1.807) is 13.8 Å². The molecular formula is C20H20F2N3NaO5. The van der Waals surface area contributed by atoms with Crippen molar-refractivity contribution in [1.82, 2.24) is 14.8 Å². The summed E-state index contributed by atoms with van der Waals surface area (Å²) in [6.07, 6.45) is 0.438. The van der Waals surface area contributed by atoms with Crippen LogP contribution in [0.5, 0.6) is 5.75 Å². The zero-order valence-electron chi connectivity index (χ0n) is 17.6. The number of carbonyl (C=O) groups excluding carboxylic acids is 2. The number of halogens is 2. The predicted molar refractivity (Wildman–Crippen MR) is 99.8 cm³/mol. The summed E-state index contributed by atoms with van der Waals surface area (Å²) in [6, 6.07) is 2.58. The van der Waals surface area contributed by atoms with E-state index in [0.717, 1.165) is 18.3 Å². The Morgan fingerprint density at radius 1 is 1.32 bits per heavy atom.